The Bertz CT molecular complexity index is 838. The number of aromatic nitrogens is 4. The Hall–Kier alpha value is -2.47. The van der Waals surface area contributed by atoms with Crippen molar-refractivity contribution in [1.29, 1.82) is 0 Å². The van der Waals surface area contributed by atoms with E-state index in [1.54, 1.807) is 6.33 Å². The van der Waals surface area contributed by atoms with Gasteiger partial charge in [-0.2, -0.15) is 0 Å². The average molecular weight is 309 g/mol. The van der Waals surface area contributed by atoms with E-state index in [1.165, 1.54) is 0 Å². The monoisotopic (exact) mass is 309 g/mol. The molecule has 0 unspecified atom stereocenters. The Morgan fingerprint density at radius 3 is 3.00 bits per heavy atom. The predicted octanol–water partition coefficient (Wildman–Crippen LogP) is 2.28. The van der Waals surface area contributed by atoms with Gasteiger partial charge in [-0.25, -0.2) is 15.0 Å². The number of aryl methyl sites for hydroxylation is 1. The number of nitrogens with one attached hydrogen (secondary N) is 1. The van der Waals surface area contributed by atoms with E-state index in [9.17, 15) is 5.11 Å². The molecular formula is C17H19N5O. The van der Waals surface area contributed by atoms with E-state index < -0.39 is 0 Å². The second-order valence-corrected chi connectivity index (χ2v) is 6.14. The molecule has 4 rings (SSSR count). The third kappa shape index (κ3) is 2.66. The zero-order valence-electron chi connectivity index (χ0n) is 13.0. The highest BCUT2D eigenvalue weighted by atomic mass is 16.3. The first-order valence-corrected chi connectivity index (χ1v) is 7.86. The lowest BCUT2D eigenvalue weighted by Crippen LogP contribution is -2.27. The van der Waals surface area contributed by atoms with Crippen molar-refractivity contribution in [3.05, 3.63) is 53.9 Å². The smallest absolute Gasteiger partial charge is 0.139 e. The van der Waals surface area contributed by atoms with Crippen molar-refractivity contribution in [3.63, 3.8) is 0 Å². The highest BCUT2D eigenvalue weighted by Gasteiger charge is 2.29. The molecule has 1 aliphatic carbocycles. The zero-order chi connectivity index (χ0) is 15.8. The second-order valence-electron chi connectivity index (χ2n) is 6.14. The van der Waals surface area contributed by atoms with Crippen molar-refractivity contribution >= 4 is 11.5 Å². The normalized spacial score (nSPS) is 20.4. The lowest BCUT2D eigenvalue weighted by atomic mass is 9.80. The summed E-state index contributed by atoms with van der Waals surface area (Å²) in [6, 6.07) is 6.06. The highest BCUT2D eigenvalue weighted by molar-refractivity contribution is 5.48. The molecule has 1 aliphatic rings. The first-order chi connectivity index (χ1) is 11.2. The summed E-state index contributed by atoms with van der Waals surface area (Å²) in [7, 11) is 0. The topological polar surface area (TPSA) is 75.3 Å². The van der Waals surface area contributed by atoms with Gasteiger partial charge in [-0.05, 0) is 31.4 Å². The standard InChI is InChI=1S/C17H19N5O/c1-11-3-2-4-22-13(9-19-17(11)22)8-18-16-7-15(20-10-21-16)12-5-14(23)6-12/h2-4,7,9-10,12,14,23H,5-6,8H2,1H3,(H,18,20,21). The van der Waals surface area contributed by atoms with Crippen LogP contribution in [0.3, 0.4) is 0 Å². The van der Waals surface area contributed by atoms with Crippen molar-refractivity contribution in [2.75, 3.05) is 5.32 Å². The fraction of sp³-hybridized carbons (Fsp3) is 0.353. The van der Waals surface area contributed by atoms with Crippen molar-refractivity contribution in [1.82, 2.24) is 19.4 Å². The molecule has 6 heteroatoms. The number of imidazole rings is 1. The van der Waals surface area contributed by atoms with Crippen molar-refractivity contribution in [2.24, 2.45) is 0 Å². The molecule has 1 saturated carbocycles. The molecule has 0 radical (unpaired) electrons. The number of nitrogens with zero attached hydrogens (tertiary/aromatic N) is 4. The quantitative estimate of drug-likeness (QED) is 0.773. The maximum absolute atomic E-state index is 9.43. The molecule has 1 fully saturated rings. The maximum atomic E-state index is 9.43. The summed E-state index contributed by atoms with van der Waals surface area (Å²) >= 11 is 0. The number of hydrogen-bond donors (Lipinski definition) is 2. The van der Waals surface area contributed by atoms with Crippen molar-refractivity contribution < 1.29 is 5.11 Å². The van der Waals surface area contributed by atoms with Crippen LogP contribution >= 0.6 is 0 Å². The molecule has 6 nitrogen and oxygen atoms in total. The van der Waals surface area contributed by atoms with Gasteiger partial charge >= 0.3 is 0 Å². The van der Waals surface area contributed by atoms with Crippen LogP contribution in [0.25, 0.3) is 5.65 Å². The third-order valence-corrected chi connectivity index (χ3v) is 4.48. The Morgan fingerprint density at radius 1 is 1.30 bits per heavy atom. The number of fused-ring (bicyclic) bond motifs is 1. The zero-order valence-corrected chi connectivity index (χ0v) is 13.0. The van der Waals surface area contributed by atoms with Gasteiger partial charge in [0.05, 0.1) is 24.5 Å². The van der Waals surface area contributed by atoms with Crippen LogP contribution in [0.15, 0.2) is 36.9 Å². The first-order valence-electron chi connectivity index (χ1n) is 7.86. The van der Waals surface area contributed by atoms with E-state index in [-0.39, 0.29) is 6.10 Å². The molecule has 23 heavy (non-hydrogen) atoms. The molecule has 3 heterocycles. The SMILES string of the molecule is Cc1cccn2c(CNc3cc(C4CC(O)C4)ncn3)cnc12. The molecule has 0 bridgehead atoms. The van der Waals surface area contributed by atoms with Gasteiger partial charge < -0.3 is 14.8 Å². The molecule has 3 aromatic rings. The van der Waals surface area contributed by atoms with E-state index in [0.717, 1.165) is 41.3 Å². The number of hydrogen-bond acceptors (Lipinski definition) is 5. The van der Waals surface area contributed by atoms with Crippen LogP contribution in [-0.2, 0) is 6.54 Å². The second kappa shape index (κ2) is 5.62. The minimum atomic E-state index is -0.173. The molecule has 2 N–H and O–H groups in total. The van der Waals surface area contributed by atoms with Crippen LogP contribution in [0, 0.1) is 6.92 Å². The summed E-state index contributed by atoms with van der Waals surface area (Å²) in [6.07, 6.45) is 6.91. The van der Waals surface area contributed by atoms with Crippen molar-refractivity contribution in [2.45, 2.75) is 38.3 Å². The molecule has 0 spiro atoms. The predicted molar refractivity (Wildman–Crippen MR) is 87.3 cm³/mol. The van der Waals surface area contributed by atoms with E-state index in [2.05, 4.69) is 37.7 Å². The summed E-state index contributed by atoms with van der Waals surface area (Å²) in [6.45, 7) is 2.71. The molecule has 0 amide bonds. The summed E-state index contributed by atoms with van der Waals surface area (Å²) in [5, 5.41) is 12.8. The molecule has 0 atom stereocenters. The summed E-state index contributed by atoms with van der Waals surface area (Å²) in [4.78, 5) is 13.1. The lowest BCUT2D eigenvalue weighted by molar-refractivity contribution is 0.0732. The minimum Gasteiger partial charge on any atom is -0.393 e. The average Bonchev–Trinajstić information content (AvgIpc) is 2.95. The summed E-state index contributed by atoms with van der Waals surface area (Å²) in [5.41, 5.74) is 4.23. The fourth-order valence-corrected chi connectivity index (χ4v) is 3.04. The Kier molecular flexibility index (Phi) is 3.46. The van der Waals surface area contributed by atoms with Crippen LogP contribution in [0.5, 0.6) is 0 Å². The van der Waals surface area contributed by atoms with Gasteiger partial charge in [0.25, 0.3) is 0 Å². The van der Waals surface area contributed by atoms with Gasteiger partial charge in [0, 0.05) is 23.9 Å². The Labute approximate surface area is 134 Å². The van der Waals surface area contributed by atoms with Crippen LogP contribution in [0.1, 0.15) is 35.7 Å². The van der Waals surface area contributed by atoms with E-state index in [4.69, 9.17) is 0 Å². The Balaban J connectivity index is 1.50. The molecule has 0 aliphatic heterocycles. The summed E-state index contributed by atoms with van der Waals surface area (Å²) in [5.74, 6) is 1.16. The van der Waals surface area contributed by atoms with E-state index in [1.807, 2.05) is 24.5 Å². The van der Waals surface area contributed by atoms with Gasteiger partial charge in [0.2, 0.25) is 0 Å². The fourth-order valence-electron chi connectivity index (χ4n) is 3.04. The Morgan fingerprint density at radius 2 is 2.17 bits per heavy atom. The van der Waals surface area contributed by atoms with Crippen LogP contribution in [-0.4, -0.2) is 30.6 Å². The molecule has 0 saturated heterocycles. The number of aliphatic hydroxyl groups is 1. The van der Waals surface area contributed by atoms with Gasteiger partial charge in [-0.1, -0.05) is 6.07 Å². The number of rotatable bonds is 4. The van der Waals surface area contributed by atoms with Gasteiger partial charge in [-0.3, -0.25) is 0 Å². The summed E-state index contributed by atoms with van der Waals surface area (Å²) < 4.78 is 2.09. The highest BCUT2D eigenvalue weighted by Crippen LogP contribution is 2.35. The van der Waals surface area contributed by atoms with Crippen LogP contribution in [0.4, 0.5) is 5.82 Å². The van der Waals surface area contributed by atoms with E-state index in [0.29, 0.717) is 12.5 Å². The van der Waals surface area contributed by atoms with Gasteiger partial charge in [0.1, 0.15) is 17.8 Å². The first kappa shape index (κ1) is 14.1. The number of aliphatic hydroxyl groups excluding tert-OH is 1. The maximum Gasteiger partial charge on any atom is 0.139 e. The molecular weight excluding hydrogens is 290 g/mol. The largest absolute Gasteiger partial charge is 0.393 e. The van der Waals surface area contributed by atoms with Crippen LogP contribution < -0.4 is 5.32 Å². The molecule has 3 aromatic heterocycles. The third-order valence-electron chi connectivity index (χ3n) is 4.48. The minimum absolute atomic E-state index is 0.173. The number of pyridine rings is 1. The van der Waals surface area contributed by atoms with E-state index >= 15 is 0 Å². The van der Waals surface area contributed by atoms with Gasteiger partial charge in [-0.15, -0.1) is 0 Å². The van der Waals surface area contributed by atoms with Crippen molar-refractivity contribution in [3.8, 4) is 0 Å². The lowest BCUT2D eigenvalue weighted by Gasteiger charge is -2.30. The van der Waals surface area contributed by atoms with Crippen LogP contribution in [0.2, 0.25) is 0 Å². The molecule has 118 valence electrons. The van der Waals surface area contributed by atoms with Gasteiger partial charge in [0.15, 0.2) is 0 Å². The number of anilines is 1. The molecule has 0 aromatic carbocycles.